The van der Waals surface area contributed by atoms with Gasteiger partial charge in [0.25, 0.3) is 11.6 Å². The van der Waals surface area contributed by atoms with Gasteiger partial charge in [-0.1, -0.05) is 12.1 Å². The molecule has 166 valence electrons. The molecule has 1 amide bonds. The van der Waals surface area contributed by atoms with E-state index in [0.717, 1.165) is 17.0 Å². The average molecular weight is 444 g/mol. The van der Waals surface area contributed by atoms with Crippen LogP contribution in [0.4, 0.5) is 11.4 Å². The number of carbonyl (C=O) groups is 1. The molecule has 0 spiro atoms. The van der Waals surface area contributed by atoms with Crippen LogP contribution in [0, 0.1) is 30.9 Å². The molecule has 10 nitrogen and oxygen atoms in total. The number of benzene rings is 2. The molecule has 0 aliphatic heterocycles. The zero-order valence-electron chi connectivity index (χ0n) is 18.1. The quantitative estimate of drug-likeness (QED) is 0.342. The van der Waals surface area contributed by atoms with Gasteiger partial charge in [-0.15, -0.1) is 10.2 Å². The summed E-state index contributed by atoms with van der Waals surface area (Å²) < 4.78 is 7.45. The summed E-state index contributed by atoms with van der Waals surface area (Å²) in [7, 11) is 0. The summed E-state index contributed by atoms with van der Waals surface area (Å²) in [6.07, 6.45) is 0. The SMILES string of the molecule is Cc1nn(-c2ccc(Oc3ccc(NC(=O)c4ccccc4[N+](=O)[O-])cc3)nn2)c(C)c1C. The van der Waals surface area contributed by atoms with Gasteiger partial charge in [0.1, 0.15) is 11.3 Å². The van der Waals surface area contributed by atoms with Crippen LogP contribution >= 0.6 is 0 Å². The third-order valence-corrected chi connectivity index (χ3v) is 5.18. The van der Waals surface area contributed by atoms with Crippen molar-refractivity contribution in [1.82, 2.24) is 20.0 Å². The van der Waals surface area contributed by atoms with Crippen molar-refractivity contribution in [2.24, 2.45) is 0 Å². The normalized spacial score (nSPS) is 10.6. The molecular formula is C23H20N6O4. The van der Waals surface area contributed by atoms with Crippen molar-refractivity contribution in [3.63, 3.8) is 0 Å². The summed E-state index contributed by atoms with van der Waals surface area (Å²) in [6, 6.07) is 15.8. The van der Waals surface area contributed by atoms with E-state index in [1.165, 1.54) is 18.2 Å². The number of carbonyl (C=O) groups excluding carboxylic acids is 1. The first-order chi connectivity index (χ1) is 15.8. The van der Waals surface area contributed by atoms with E-state index < -0.39 is 10.8 Å². The Morgan fingerprint density at radius 3 is 2.33 bits per heavy atom. The molecular weight excluding hydrogens is 424 g/mol. The third kappa shape index (κ3) is 4.54. The van der Waals surface area contributed by atoms with Gasteiger partial charge >= 0.3 is 0 Å². The van der Waals surface area contributed by atoms with Crippen LogP contribution in [0.5, 0.6) is 11.6 Å². The molecule has 0 bridgehead atoms. The number of nitro benzene ring substituents is 1. The maximum absolute atomic E-state index is 12.4. The fraction of sp³-hybridized carbons (Fsp3) is 0.130. The highest BCUT2D eigenvalue weighted by atomic mass is 16.6. The van der Waals surface area contributed by atoms with Gasteiger partial charge in [0.15, 0.2) is 5.82 Å². The number of nitro groups is 1. The highest BCUT2D eigenvalue weighted by Gasteiger charge is 2.19. The second-order valence-electron chi connectivity index (χ2n) is 7.29. The van der Waals surface area contributed by atoms with Crippen molar-refractivity contribution >= 4 is 17.3 Å². The number of amides is 1. The van der Waals surface area contributed by atoms with Gasteiger partial charge in [0.2, 0.25) is 5.88 Å². The molecule has 0 radical (unpaired) electrons. The summed E-state index contributed by atoms with van der Waals surface area (Å²) in [5.41, 5.74) is 3.22. The van der Waals surface area contributed by atoms with E-state index >= 15 is 0 Å². The highest BCUT2D eigenvalue weighted by molar-refractivity contribution is 6.07. The standard InChI is InChI=1S/C23H20N6O4/c1-14-15(2)27-28(16(14)3)21-12-13-22(26-25-21)33-18-10-8-17(9-11-18)24-23(30)19-6-4-5-7-20(19)29(31)32/h4-13H,1-3H3,(H,24,30). The molecule has 0 fully saturated rings. The van der Waals surface area contributed by atoms with Crippen LogP contribution in [0.25, 0.3) is 5.82 Å². The lowest BCUT2D eigenvalue weighted by Gasteiger charge is -2.08. The van der Waals surface area contributed by atoms with Crippen LogP contribution in [0.1, 0.15) is 27.3 Å². The summed E-state index contributed by atoms with van der Waals surface area (Å²) in [4.78, 5) is 23.0. The minimum atomic E-state index is -0.589. The first-order valence-electron chi connectivity index (χ1n) is 10.0. The lowest BCUT2D eigenvalue weighted by Crippen LogP contribution is -2.13. The van der Waals surface area contributed by atoms with Crippen molar-refractivity contribution < 1.29 is 14.5 Å². The highest BCUT2D eigenvalue weighted by Crippen LogP contribution is 2.24. The number of para-hydroxylation sites is 1. The number of hydrogen-bond acceptors (Lipinski definition) is 7. The van der Waals surface area contributed by atoms with E-state index in [2.05, 4.69) is 20.6 Å². The fourth-order valence-electron chi connectivity index (χ4n) is 3.17. The van der Waals surface area contributed by atoms with E-state index in [1.807, 2.05) is 20.8 Å². The summed E-state index contributed by atoms with van der Waals surface area (Å²) in [5, 5.41) is 26.5. The number of rotatable bonds is 6. The van der Waals surface area contributed by atoms with Gasteiger partial charge in [-0.2, -0.15) is 5.10 Å². The molecule has 0 aliphatic rings. The predicted molar refractivity (Wildman–Crippen MR) is 121 cm³/mol. The largest absolute Gasteiger partial charge is 0.438 e. The zero-order chi connectivity index (χ0) is 23.5. The molecule has 4 aromatic rings. The van der Waals surface area contributed by atoms with Crippen molar-refractivity contribution in [3.05, 3.63) is 93.3 Å². The van der Waals surface area contributed by atoms with Gasteiger partial charge in [-0.3, -0.25) is 14.9 Å². The number of aromatic nitrogens is 4. The first-order valence-corrected chi connectivity index (χ1v) is 10.0. The molecule has 4 rings (SSSR count). The van der Waals surface area contributed by atoms with Crippen LogP contribution < -0.4 is 10.1 Å². The zero-order valence-corrected chi connectivity index (χ0v) is 18.1. The first kappa shape index (κ1) is 21.6. The maximum atomic E-state index is 12.4. The topological polar surface area (TPSA) is 125 Å². The number of nitrogens with one attached hydrogen (secondary N) is 1. The molecule has 0 atom stereocenters. The number of ether oxygens (including phenoxy) is 1. The van der Waals surface area contributed by atoms with Crippen LogP contribution in [0.2, 0.25) is 0 Å². The molecule has 2 aromatic heterocycles. The Morgan fingerprint density at radius 1 is 1.00 bits per heavy atom. The van der Waals surface area contributed by atoms with Gasteiger partial charge < -0.3 is 10.1 Å². The number of anilines is 1. The molecule has 2 aromatic carbocycles. The molecule has 0 unspecified atom stereocenters. The maximum Gasteiger partial charge on any atom is 0.282 e. The monoisotopic (exact) mass is 444 g/mol. The van der Waals surface area contributed by atoms with Gasteiger partial charge in [-0.05, 0) is 62.7 Å². The van der Waals surface area contributed by atoms with Crippen molar-refractivity contribution in [3.8, 4) is 17.4 Å². The average Bonchev–Trinajstić information content (AvgIpc) is 3.08. The van der Waals surface area contributed by atoms with E-state index in [-0.39, 0.29) is 11.3 Å². The van der Waals surface area contributed by atoms with Crippen molar-refractivity contribution in [2.45, 2.75) is 20.8 Å². The van der Waals surface area contributed by atoms with Crippen LogP contribution in [0.3, 0.4) is 0 Å². The van der Waals surface area contributed by atoms with Gasteiger partial charge in [0, 0.05) is 23.5 Å². The molecule has 0 saturated carbocycles. The lowest BCUT2D eigenvalue weighted by molar-refractivity contribution is -0.385. The lowest BCUT2D eigenvalue weighted by atomic mass is 10.1. The molecule has 2 heterocycles. The van der Waals surface area contributed by atoms with Crippen molar-refractivity contribution in [1.29, 1.82) is 0 Å². The number of hydrogen-bond donors (Lipinski definition) is 1. The van der Waals surface area contributed by atoms with Crippen LogP contribution in [-0.4, -0.2) is 30.8 Å². The summed E-state index contributed by atoms with van der Waals surface area (Å²) >= 11 is 0. The Morgan fingerprint density at radius 2 is 1.73 bits per heavy atom. The Labute approximate surface area is 189 Å². The molecule has 1 N–H and O–H groups in total. The van der Waals surface area contributed by atoms with Gasteiger partial charge in [0.05, 0.1) is 10.6 Å². The number of nitrogens with zero attached hydrogens (tertiary/aromatic N) is 5. The summed E-state index contributed by atoms with van der Waals surface area (Å²) in [5.74, 6) is 0.803. The molecule has 0 aliphatic carbocycles. The van der Waals surface area contributed by atoms with E-state index in [0.29, 0.717) is 23.1 Å². The molecule has 33 heavy (non-hydrogen) atoms. The fourth-order valence-corrected chi connectivity index (χ4v) is 3.17. The van der Waals surface area contributed by atoms with Crippen LogP contribution in [0.15, 0.2) is 60.7 Å². The Kier molecular flexibility index (Phi) is 5.81. The second kappa shape index (κ2) is 8.87. The molecule has 10 heteroatoms. The smallest absolute Gasteiger partial charge is 0.282 e. The Balaban J connectivity index is 1.43. The van der Waals surface area contributed by atoms with E-state index in [1.54, 1.807) is 47.1 Å². The minimum absolute atomic E-state index is 0.0176. The predicted octanol–water partition coefficient (Wildman–Crippen LogP) is 4.54. The van der Waals surface area contributed by atoms with E-state index in [4.69, 9.17) is 4.74 Å². The Hall–Kier alpha value is -4.60. The van der Waals surface area contributed by atoms with E-state index in [9.17, 15) is 14.9 Å². The summed E-state index contributed by atoms with van der Waals surface area (Å²) in [6.45, 7) is 5.92. The third-order valence-electron chi connectivity index (χ3n) is 5.18. The minimum Gasteiger partial charge on any atom is -0.438 e. The number of aryl methyl sites for hydroxylation is 1. The second-order valence-corrected chi connectivity index (χ2v) is 7.29. The van der Waals surface area contributed by atoms with Crippen LogP contribution in [-0.2, 0) is 0 Å². The van der Waals surface area contributed by atoms with Crippen molar-refractivity contribution in [2.75, 3.05) is 5.32 Å². The van der Waals surface area contributed by atoms with Gasteiger partial charge in [-0.25, -0.2) is 4.68 Å². The molecule has 0 saturated heterocycles. The Bertz CT molecular complexity index is 1330.